The summed E-state index contributed by atoms with van der Waals surface area (Å²) in [7, 11) is 2.95. The average Bonchev–Trinajstić information content (AvgIpc) is 3.21. The summed E-state index contributed by atoms with van der Waals surface area (Å²) in [6.07, 6.45) is 0. The Bertz CT molecular complexity index is 1030. The van der Waals surface area contributed by atoms with E-state index in [1.165, 1.54) is 18.4 Å². The van der Waals surface area contributed by atoms with Crippen LogP contribution >= 0.6 is 22.9 Å². The van der Waals surface area contributed by atoms with Gasteiger partial charge in [-0.3, -0.25) is 4.79 Å². The van der Waals surface area contributed by atoms with Crippen LogP contribution in [0.1, 0.15) is 25.7 Å². The fraction of sp³-hybridized carbons (Fsp3) is 0.312. The summed E-state index contributed by atoms with van der Waals surface area (Å²) in [6.45, 7) is 2.71. The van der Waals surface area contributed by atoms with E-state index in [2.05, 4.69) is 14.6 Å². The van der Waals surface area contributed by atoms with Crippen molar-refractivity contribution < 1.29 is 19.1 Å². The third-order valence-electron chi connectivity index (χ3n) is 3.67. The zero-order valence-corrected chi connectivity index (χ0v) is 16.0. The van der Waals surface area contributed by atoms with Crippen LogP contribution in [0.2, 0.25) is 0 Å². The van der Waals surface area contributed by atoms with E-state index in [0.29, 0.717) is 34.1 Å². The molecule has 0 bridgehead atoms. The summed E-state index contributed by atoms with van der Waals surface area (Å²) >= 11 is 2.35. The highest BCUT2D eigenvalue weighted by molar-refractivity contribution is 7.16. The van der Waals surface area contributed by atoms with E-state index in [-0.39, 0.29) is 5.91 Å². The molecule has 3 aromatic rings. The molecule has 0 N–H and O–H groups in total. The van der Waals surface area contributed by atoms with Crippen molar-refractivity contribution in [1.82, 2.24) is 14.2 Å². The predicted octanol–water partition coefficient (Wildman–Crippen LogP) is 2.04. The summed E-state index contributed by atoms with van der Waals surface area (Å²) in [5.41, 5.74) is 1.87. The van der Waals surface area contributed by atoms with Gasteiger partial charge in [-0.15, -0.1) is 5.10 Å². The Morgan fingerprint density at radius 3 is 2.77 bits per heavy atom. The molecule has 0 spiro atoms. The number of aromatic nitrogens is 3. The standard InChI is InChI=1S/C16H16N4O4S2/c1-9-13(26-19-18-9)14(21)17-16-20(6-7-23-2)11-5-4-10(15(22)24-3)8-12(11)25-16/h4-5,8H,6-7H2,1-3H3. The number of fused-ring (bicyclic) bond motifs is 1. The van der Waals surface area contributed by atoms with Crippen molar-refractivity contribution in [2.75, 3.05) is 20.8 Å². The lowest BCUT2D eigenvalue weighted by Gasteiger charge is -2.04. The van der Waals surface area contributed by atoms with Gasteiger partial charge < -0.3 is 14.0 Å². The molecule has 0 fully saturated rings. The first-order valence-corrected chi connectivity index (χ1v) is 9.22. The van der Waals surface area contributed by atoms with Crippen LogP contribution in [0.4, 0.5) is 0 Å². The molecule has 1 aromatic carbocycles. The quantitative estimate of drug-likeness (QED) is 0.617. The van der Waals surface area contributed by atoms with Crippen LogP contribution in [0.5, 0.6) is 0 Å². The maximum absolute atomic E-state index is 12.5. The van der Waals surface area contributed by atoms with Crippen molar-refractivity contribution in [3.05, 3.63) is 39.1 Å². The Morgan fingerprint density at radius 2 is 2.12 bits per heavy atom. The van der Waals surface area contributed by atoms with Crippen LogP contribution in [-0.4, -0.2) is 46.9 Å². The molecule has 3 rings (SSSR count). The summed E-state index contributed by atoms with van der Waals surface area (Å²) in [5, 5.41) is 3.85. The molecule has 136 valence electrons. The van der Waals surface area contributed by atoms with Gasteiger partial charge in [0.2, 0.25) is 0 Å². The van der Waals surface area contributed by atoms with E-state index in [9.17, 15) is 9.59 Å². The Morgan fingerprint density at radius 1 is 1.31 bits per heavy atom. The monoisotopic (exact) mass is 392 g/mol. The fourth-order valence-corrected chi connectivity index (χ4v) is 4.00. The lowest BCUT2D eigenvalue weighted by molar-refractivity contribution is 0.0600. The van der Waals surface area contributed by atoms with Gasteiger partial charge in [-0.25, -0.2) is 4.79 Å². The van der Waals surface area contributed by atoms with Crippen LogP contribution < -0.4 is 4.80 Å². The molecule has 1 amide bonds. The van der Waals surface area contributed by atoms with Gasteiger partial charge in [0, 0.05) is 13.7 Å². The highest BCUT2D eigenvalue weighted by Gasteiger charge is 2.15. The zero-order valence-electron chi connectivity index (χ0n) is 14.4. The first-order chi connectivity index (χ1) is 12.5. The minimum Gasteiger partial charge on any atom is -0.465 e. The average molecular weight is 392 g/mol. The smallest absolute Gasteiger partial charge is 0.337 e. The van der Waals surface area contributed by atoms with Gasteiger partial charge in [-0.1, -0.05) is 15.8 Å². The first-order valence-electron chi connectivity index (χ1n) is 7.63. The van der Waals surface area contributed by atoms with E-state index in [4.69, 9.17) is 9.47 Å². The molecule has 0 aliphatic carbocycles. The van der Waals surface area contributed by atoms with Crippen molar-refractivity contribution in [3.63, 3.8) is 0 Å². The number of hydrogen-bond donors (Lipinski definition) is 0. The highest BCUT2D eigenvalue weighted by atomic mass is 32.1. The van der Waals surface area contributed by atoms with Gasteiger partial charge in [0.1, 0.15) is 4.88 Å². The molecule has 26 heavy (non-hydrogen) atoms. The summed E-state index contributed by atoms with van der Waals surface area (Å²) in [4.78, 5) is 29.4. The second-order valence-corrected chi connectivity index (χ2v) is 7.07. The largest absolute Gasteiger partial charge is 0.465 e. The summed E-state index contributed by atoms with van der Waals surface area (Å²) in [6, 6.07) is 5.24. The predicted molar refractivity (Wildman–Crippen MR) is 97.6 cm³/mol. The number of carbonyl (C=O) groups is 2. The number of hydrogen-bond acceptors (Lipinski definition) is 8. The Labute approximate surface area is 156 Å². The van der Waals surface area contributed by atoms with Gasteiger partial charge in [0.15, 0.2) is 4.80 Å². The minimum absolute atomic E-state index is 0.386. The molecule has 0 saturated heterocycles. The molecule has 0 unspecified atom stereocenters. The van der Waals surface area contributed by atoms with Crippen LogP contribution in [0, 0.1) is 6.92 Å². The lowest BCUT2D eigenvalue weighted by atomic mass is 10.2. The number of rotatable bonds is 5. The SMILES string of the molecule is COCCn1c(=NC(=O)c2snnc2C)sc2cc(C(=O)OC)ccc21. The molecule has 8 nitrogen and oxygen atoms in total. The van der Waals surface area contributed by atoms with Crippen LogP contribution in [0.25, 0.3) is 10.2 Å². The molecule has 2 heterocycles. The highest BCUT2D eigenvalue weighted by Crippen LogP contribution is 2.20. The van der Waals surface area contributed by atoms with Gasteiger partial charge in [-0.2, -0.15) is 4.99 Å². The van der Waals surface area contributed by atoms with Crippen molar-refractivity contribution >= 4 is 45.0 Å². The van der Waals surface area contributed by atoms with E-state index in [0.717, 1.165) is 21.7 Å². The Balaban J connectivity index is 2.13. The van der Waals surface area contributed by atoms with Gasteiger partial charge in [-0.05, 0) is 36.7 Å². The topological polar surface area (TPSA) is 95.7 Å². The zero-order chi connectivity index (χ0) is 18.7. The van der Waals surface area contributed by atoms with E-state index in [1.54, 1.807) is 26.2 Å². The molecule has 10 heteroatoms. The number of esters is 1. The van der Waals surface area contributed by atoms with E-state index in [1.807, 2.05) is 10.6 Å². The second kappa shape index (κ2) is 7.85. The molecular weight excluding hydrogens is 376 g/mol. The van der Waals surface area contributed by atoms with Gasteiger partial charge in [0.05, 0.1) is 35.2 Å². The number of aryl methyl sites for hydroxylation is 1. The molecule has 0 atom stereocenters. The van der Waals surface area contributed by atoms with Crippen molar-refractivity contribution in [3.8, 4) is 0 Å². The number of methoxy groups -OCH3 is 2. The fourth-order valence-electron chi connectivity index (χ4n) is 2.37. The second-order valence-electron chi connectivity index (χ2n) is 5.31. The molecule has 0 aliphatic heterocycles. The maximum Gasteiger partial charge on any atom is 0.337 e. The molecule has 0 aliphatic rings. The summed E-state index contributed by atoms with van der Waals surface area (Å²) in [5.74, 6) is -0.798. The molecule has 2 aromatic heterocycles. The van der Waals surface area contributed by atoms with Crippen molar-refractivity contribution in [1.29, 1.82) is 0 Å². The van der Waals surface area contributed by atoms with Crippen LogP contribution in [0.15, 0.2) is 23.2 Å². The van der Waals surface area contributed by atoms with Gasteiger partial charge >= 0.3 is 5.97 Å². The molecule has 0 saturated carbocycles. The van der Waals surface area contributed by atoms with Crippen LogP contribution in [0.3, 0.4) is 0 Å². The van der Waals surface area contributed by atoms with Gasteiger partial charge in [0.25, 0.3) is 5.91 Å². The molecule has 0 radical (unpaired) electrons. The molecular formula is C16H16N4O4S2. The Hall–Kier alpha value is -2.43. The van der Waals surface area contributed by atoms with Crippen LogP contribution in [-0.2, 0) is 16.0 Å². The van der Waals surface area contributed by atoms with Crippen molar-refractivity contribution in [2.45, 2.75) is 13.5 Å². The first kappa shape index (κ1) is 18.4. The summed E-state index contributed by atoms with van der Waals surface area (Å²) < 4.78 is 16.4. The number of nitrogens with zero attached hydrogens (tertiary/aromatic N) is 4. The van der Waals surface area contributed by atoms with E-state index < -0.39 is 5.97 Å². The third-order valence-corrected chi connectivity index (χ3v) is 5.52. The number of ether oxygens (including phenoxy) is 2. The third kappa shape index (κ3) is 3.57. The normalized spacial score (nSPS) is 11.9. The maximum atomic E-state index is 12.5. The number of carbonyl (C=O) groups excluding carboxylic acids is 2. The Kier molecular flexibility index (Phi) is 5.55. The number of benzene rings is 1. The lowest BCUT2D eigenvalue weighted by Crippen LogP contribution is -2.19. The van der Waals surface area contributed by atoms with E-state index >= 15 is 0 Å². The van der Waals surface area contributed by atoms with Crippen molar-refractivity contribution in [2.24, 2.45) is 4.99 Å². The number of thiazole rings is 1. The number of amides is 1. The minimum atomic E-state index is -0.412.